The van der Waals surface area contributed by atoms with Crippen molar-refractivity contribution in [3.05, 3.63) is 77.2 Å². The van der Waals surface area contributed by atoms with E-state index in [1.807, 2.05) is 59.2 Å². The van der Waals surface area contributed by atoms with Crippen LogP contribution >= 0.6 is 0 Å². The van der Waals surface area contributed by atoms with Gasteiger partial charge in [-0.2, -0.15) is 10.2 Å². The largest absolute Gasteiger partial charge is 0.315 e. The average molecular weight is 357 g/mol. The second kappa shape index (κ2) is 6.48. The van der Waals surface area contributed by atoms with Crippen molar-refractivity contribution in [1.29, 1.82) is 0 Å². The first-order chi connectivity index (χ1) is 13.3. The predicted octanol–water partition coefficient (Wildman–Crippen LogP) is 2.76. The average Bonchev–Trinajstić information content (AvgIpc) is 3.37. The minimum absolute atomic E-state index is 0.0646. The number of fused-ring (bicyclic) bond motifs is 1. The van der Waals surface area contributed by atoms with E-state index in [1.54, 1.807) is 16.8 Å². The van der Waals surface area contributed by atoms with Crippen LogP contribution in [0.15, 0.2) is 71.7 Å². The zero-order chi connectivity index (χ0) is 18.2. The number of hydrogen-bond donors (Lipinski definition) is 1. The van der Waals surface area contributed by atoms with Crippen molar-refractivity contribution in [2.45, 2.75) is 12.5 Å². The van der Waals surface area contributed by atoms with E-state index < -0.39 is 0 Å². The van der Waals surface area contributed by atoms with Crippen LogP contribution in [-0.2, 0) is 0 Å². The molecule has 3 aromatic heterocycles. The molecule has 0 amide bonds. The Hall–Kier alpha value is -3.25. The molecule has 4 aromatic rings. The zero-order valence-corrected chi connectivity index (χ0v) is 14.7. The molecular formula is C21H19N5O. The second-order valence-electron chi connectivity index (χ2n) is 6.77. The van der Waals surface area contributed by atoms with Gasteiger partial charge < -0.3 is 5.32 Å². The Balaban J connectivity index is 1.75. The van der Waals surface area contributed by atoms with Gasteiger partial charge >= 0.3 is 0 Å². The summed E-state index contributed by atoms with van der Waals surface area (Å²) in [5.74, 6) is 0. The lowest BCUT2D eigenvalue weighted by Gasteiger charge is -2.13. The molecule has 4 heterocycles. The summed E-state index contributed by atoms with van der Waals surface area (Å²) in [6.07, 6.45) is 2.85. The van der Waals surface area contributed by atoms with Gasteiger partial charge in [0.05, 0.1) is 22.8 Å². The van der Waals surface area contributed by atoms with E-state index in [1.165, 1.54) is 0 Å². The molecule has 0 unspecified atom stereocenters. The van der Waals surface area contributed by atoms with E-state index in [4.69, 9.17) is 10.2 Å². The van der Waals surface area contributed by atoms with Crippen LogP contribution in [0, 0.1) is 0 Å². The van der Waals surface area contributed by atoms with Crippen LogP contribution < -0.4 is 10.9 Å². The van der Waals surface area contributed by atoms with Gasteiger partial charge in [0.1, 0.15) is 5.69 Å². The molecule has 5 rings (SSSR count). The van der Waals surface area contributed by atoms with E-state index >= 15 is 0 Å². The van der Waals surface area contributed by atoms with Gasteiger partial charge in [-0.05, 0) is 31.2 Å². The standard InChI is InChI=1S/C21H19N5O/c27-19-10-9-17(23-26(19)16-11-12-22-14-16)20-18-8-4-5-13-25(18)24-21(20)15-6-2-1-3-7-15/h1-10,13,16,22H,11-12,14H2/t16-/m0/s1. The van der Waals surface area contributed by atoms with Crippen molar-refractivity contribution in [3.63, 3.8) is 0 Å². The summed E-state index contributed by atoms with van der Waals surface area (Å²) in [5.41, 5.74) is 4.51. The quantitative estimate of drug-likeness (QED) is 0.612. The molecule has 27 heavy (non-hydrogen) atoms. The summed E-state index contributed by atoms with van der Waals surface area (Å²) in [7, 11) is 0. The van der Waals surface area contributed by atoms with Crippen molar-refractivity contribution in [1.82, 2.24) is 24.7 Å². The van der Waals surface area contributed by atoms with Crippen LogP contribution in [0.5, 0.6) is 0 Å². The first-order valence-electron chi connectivity index (χ1n) is 9.15. The van der Waals surface area contributed by atoms with Crippen molar-refractivity contribution >= 4 is 5.52 Å². The highest BCUT2D eigenvalue weighted by Crippen LogP contribution is 2.33. The Bertz CT molecular complexity index is 1160. The maximum atomic E-state index is 12.4. The van der Waals surface area contributed by atoms with E-state index in [0.29, 0.717) is 0 Å². The summed E-state index contributed by atoms with van der Waals surface area (Å²) in [6.45, 7) is 1.69. The first kappa shape index (κ1) is 16.0. The van der Waals surface area contributed by atoms with Crippen molar-refractivity contribution in [2.75, 3.05) is 13.1 Å². The molecule has 1 aliphatic heterocycles. The fourth-order valence-electron chi connectivity index (χ4n) is 3.72. The lowest BCUT2D eigenvalue weighted by atomic mass is 10.0. The van der Waals surface area contributed by atoms with Gasteiger partial charge in [-0.1, -0.05) is 36.4 Å². The molecule has 134 valence electrons. The molecule has 1 fully saturated rings. The smallest absolute Gasteiger partial charge is 0.267 e. The molecule has 0 aliphatic carbocycles. The third kappa shape index (κ3) is 2.74. The monoisotopic (exact) mass is 357 g/mol. The number of hydrogen-bond acceptors (Lipinski definition) is 4. The fourth-order valence-corrected chi connectivity index (χ4v) is 3.72. The molecule has 1 atom stereocenters. The second-order valence-corrected chi connectivity index (χ2v) is 6.77. The summed E-state index contributed by atoms with van der Waals surface area (Å²) in [6, 6.07) is 19.6. The van der Waals surface area contributed by atoms with E-state index in [-0.39, 0.29) is 11.6 Å². The Morgan fingerprint density at radius 1 is 0.963 bits per heavy atom. The normalized spacial score (nSPS) is 16.8. The first-order valence-corrected chi connectivity index (χ1v) is 9.15. The molecule has 1 aliphatic rings. The highest BCUT2D eigenvalue weighted by molar-refractivity contribution is 5.90. The highest BCUT2D eigenvalue weighted by Gasteiger charge is 2.22. The molecule has 0 saturated carbocycles. The summed E-state index contributed by atoms with van der Waals surface area (Å²) in [5, 5.41) is 12.8. The van der Waals surface area contributed by atoms with E-state index in [0.717, 1.165) is 47.5 Å². The molecular weight excluding hydrogens is 338 g/mol. The summed E-state index contributed by atoms with van der Waals surface area (Å²) >= 11 is 0. The minimum Gasteiger partial charge on any atom is -0.315 e. The van der Waals surface area contributed by atoms with Gasteiger partial charge in [0.2, 0.25) is 0 Å². The van der Waals surface area contributed by atoms with Gasteiger partial charge in [0.15, 0.2) is 0 Å². The van der Waals surface area contributed by atoms with Crippen LogP contribution in [0.4, 0.5) is 0 Å². The summed E-state index contributed by atoms with van der Waals surface area (Å²) < 4.78 is 3.49. The Morgan fingerprint density at radius 2 is 1.81 bits per heavy atom. The van der Waals surface area contributed by atoms with Crippen LogP contribution in [0.2, 0.25) is 0 Å². The van der Waals surface area contributed by atoms with Crippen LogP contribution in [-0.4, -0.2) is 32.5 Å². The Morgan fingerprint density at radius 3 is 2.63 bits per heavy atom. The summed E-state index contributed by atoms with van der Waals surface area (Å²) in [4.78, 5) is 12.4. The number of nitrogens with zero attached hydrogens (tertiary/aromatic N) is 4. The molecule has 6 nitrogen and oxygen atoms in total. The van der Waals surface area contributed by atoms with Crippen molar-refractivity contribution in [3.8, 4) is 22.5 Å². The molecule has 6 heteroatoms. The number of rotatable bonds is 3. The molecule has 0 radical (unpaired) electrons. The van der Waals surface area contributed by atoms with E-state index in [9.17, 15) is 4.79 Å². The number of aromatic nitrogens is 4. The van der Waals surface area contributed by atoms with Crippen LogP contribution in [0.3, 0.4) is 0 Å². The zero-order valence-electron chi connectivity index (χ0n) is 14.7. The highest BCUT2D eigenvalue weighted by atomic mass is 16.1. The van der Waals surface area contributed by atoms with Crippen molar-refractivity contribution < 1.29 is 0 Å². The molecule has 0 bridgehead atoms. The number of nitrogens with one attached hydrogen (secondary N) is 1. The Kier molecular flexibility index (Phi) is 3.83. The fraction of sp³-hybridized carbons (Fsp3) is 0.190. The topological polar surface area (TPSA) is 64.2 Å². The minimum atomic E-state index is -0.0646. The van der Waals surface area contributed by atoms with Crippen LogP contribution in [0.1, 0.15) is 12.5 Å². The third-order valence-electron chi connectivity index (χ3n) is 5.05. The molecule has 1 N–H and O–H groups in total. The number of pyridine rings is 1. The van der Waals surface area contributed by atoms with Gasteiger partial charge in [-0.15, -0.1) is 0 Å². The number of benzene rings is 1. The van der Waals surface area contributed by atoms with Gasteiger partial charge in [-0.3, -0.25) is 4.79 Å². The SMILES string of the molecule is O=c1ccc(-c2c(-c3ccccc3)nn3ccccc23)nn1[C@H]1CCNC1. The maximum absolute atomic E-state index is 12.4. The molecule has 0 spiro atoms. The molecule has 1 aromatic carbocycles. The lowest BCUT2D eigenvalue weighted by Crippen LogP contribution is -2.28. The lowest BCUT2D eigenvalue weighted by molar-refractivity contribution is 0.467. The molecule has 1 saturated heterocycles. The van der Waals surface area contributed by atoms with Crippen LogP contribution in [0.25, 0.3) is 28.0 Å². The van der Waals surface area contributed by atoms with Gasteiger partial charge in [0, 0.05) is 24.4 Å². The maximum Gasteiger partial charge on any atom is 0.267 e. The van der Waals surface area contributed by atoms with Crippen molar-refractivity contribution in [2.24, 2.45) is 0 Å². The van der Waals surface area contributed by atoms with Gasteiger partial charge in [0.25, 0.3) is 5.56 Å². The third-order valence-corrected chi connectivity index (χ3v) is 5.05. The van der Waals surface area contributed by atoms with Gasteiger partial charge in [-0.25, -0.2) is 9.20 Å². The predicted molar refractivity (Wildman–Crippen MR) is 105 cm³/mol. The van der Waals surface area contributed by atoms with E-state index in [2.05, 4.69) is 5.32 Å². The Labute approximate surface area is 156 Å².